The molecule has 0 radical (unpaired) electrons. The minimum absolute atomic E-state index is 0.0530. The number of aryl methyl sites for hydroxylation is 1. The van der Waals surface area contributed by atoms with Gasteiger partial charge in [0.1, 0.15) is 12.4 Å². The molecule has 0 saturated heterocycles. The lowest BCUT2D eigenvalue weighted by atomic mass is 10.1. The lowest BCUT2D eigenvalue weighted by molar-refractivity contribution is 0.350. The average Bonchev–Trinajstić information content (AvgIpc) is 2.25. The second-order valence-corrected chi connectivity index (χ2v) is 2.86. The van der Waals surface area contributed by atoms with Crippen LogP contribution in [0.25, 0.3) is 0 Å². The highest BCUT2D eigenvalue weighted by atomic mass is 16.5. The van der Waals surface area contributed by atoms with Gasteiger partial charge in [0.15, 0.2) is 0 Å². The highest BCUT2D eigenvalue weighted by Crippen LogP contribution is 2.12. The largest absolute Gasteiger partial charge is 0.497 e. The quantitative estimate of drug-likeness (QED) is 0.734. The highest BCUT2D eigenvalue weighted by Gasteiger charge is 1.92. The van der Waals surface area contributed by atoms with Crippen molar-refractivity contribution in [3.63, 3.8) is 0 Å². The number of hydrogen-bond acceptors (Lipinski definition) is 2. The Labute approximate surface area is 84.5 Å². The highest BCUT2D eigenvalue weighted by molar-refractivity contribution is 5.27. The number of aliphatic hydroxyl groups excluding tert-OH is 1. The summed E-state index contributed by atoms with van der Waals surface area (Å²) >= 11 is 0. The zero-order valence-electron chi connectivity index (χ0n) is 8.29. The minimum Gasteiger partial charge on any atom is -0.497 e. The average molecular weight is 190 g/mol. The number of rotatable bonds is 3. The zero-order valence-corrected chi connectivity index (χ0v) is 8.29. The maximum atomic E-state index is 8.44. The molecule has 1 aromatic carbocycles. The van der Waals surface area contributed by atoms with Crippen LogP contribution >= 0.6 is 0 Å². The van der Waals surface area contributed by atoms with Crippen LogP contribution in [-0.2, 0) is 6.42 Å². The van der Waals surface area contributed by atoms with Crippen molar-refractivity contribution in [2.24, 2.45) is 0 Å². The molecular formula is C12H14O2. The molecule has 0 saturated carbocycles. The molecule has 0 aliphatic heterocycles. The molecule has 1 aromatic rings. The number of benzene rings is 1. The lowest BCUT2D eigenvalue weighted by Gasteiger charge is -2.00. The van der Waals surface area contributed by atoms with Gasteiger partial charge in [-0.05, 0) is 24.1 Å². The fourth-order valence-electron chi connectivity index (χ4n) is 1.14. The monoisotopic (exact) mass is 190 g/mol. The molecule has 74 valence electrons. The van der Waals surface area contributed by atoms with Gasteiger partial charge in [-0.1, -0.05) is 18.1 Å². The van der Waals surface area contributed by atoms with Crippen molar-refractivity contribution in [1.82, 2.24) is 0 Å². The third-order valence-electron chi connectivity index (χ3n) is 1.90. The molecule has 2 nitrogen and oxygen atoms in total. The Hall–Kier alpha value is -1.46. The van der Waals surface area contributed by atoms with E-state index in [1.165, 1.54) is 5.56 Å². The van der Waals surface area contributed by atoms with Crippen LogP contribution in [0.4, 0.5) is 0 Å². The predicted molar refractivity (Wildman–Crippen MR) is 56.2 cm³/mol. The van der Waals surface area contributed by atoms with Gasteiger partial charge in [-0.3, -0.25) is 0 Å². The lowest BCUT2D eigenvalue weighted by Crippen LogP contribution is -1.86. The molecule has 0 aliphatic carbocycles. The molecule has 0 heterocycles. The van der Waals surface area contributed by atoms with Crippen molar-refractivity contribution < 1.29 is 9.84 Å². The van der Waals surface area contributed by atoms with Crippen LogP contribution in [0.1, 0.15) is 12.0 Å². The first-order chi connectivity index (χ1) is 6.86. The first-order valence-electron chi connectivity index (χ1n) is 4.56. The Bertz CT molecular complexity index is 316. The van der Waals surface area contributed by atoms with E-state index in [-0.39, 0.29) is 6.61 Å². The third kappa shape index (κ3) is 3.51. The Morgan fingerprint density at radius 3 is 2.50 bits per heavy atom. The molecule has 0 aromatic heterocycles. The van der Waals surface area contributed by atoms with Crippen molar-refractivity contribution in [2.75, 3.05) is 13.7 Å². The summed E-state index contributed by atoms with van der Waals surface area (Å²) in [6.45, 7) is -0.0530. The van der Waals surface area contributed by atoms with E-state index in [1.54, 1.807) is 7.11 Å². The fraction of sp³-hybridized carbons (Fsp3) is 0.333. The van der Waals surface area contributed by atoms with Crippen LogP contribution in [0.5, 0.6) is 5.75 Å². The number of aliphatic hydroxyl groups is 1. The Morgan fingerprint density at radius 2 is 1.93 bits per heavy atom. The van der Waals surface area contributed by atoms with Crippen LogP contribution in [0.15, 0.2) is 24.3 Å². The summed E-state index contributed by atoms with van der Waals surface area (Å²) in [4.78, 5) is 0. The number of hydrogen-bond donors (Lipinski definition) is 1. The minimum atomic E-state index is -0.0530. The van der Waals surface area contributed by atoms with Crippen LogP contribution in [0, 0.1) is 11.8 Å². The first kappa shape index (κ1) is 10.6. The molecule has 0 amide bonds. The Balaban J connectivity index is 2.43. The molecule has 0 fully saturated rings. The second kappa shape index (κ2) is 6.06. The molecular weight excluding hydrogens is 176 g/mol. The Morgan fingerprint density at radius 1 is 1.21 bits per heavy atom. The van der Waals surface area contributed by atoms with Gasteiger partial charge in [0, 0.05) is 6.42 Å². The van der Waals surface area contributed by atoms with E-state index in [4.69, 9.17) is 9.84 Å². The molecule has 0 bridgehead atoms. The van der Waals surface area contributed by atoms with Gasteiger partial charge >= 0.3 is 0 Å². The van der Waals surface area contributed by atoms with Crippen LogP contribution in [0.3, 0.4) is 0 Å². The Kier molecular flexibility index (Phi) is 4.60. The molecule has 2 heteroatoms. The molecule has 0 aliphatic rings. The van der Waals surface area contributed by atoms with Crippen molar-refractivity contribution in [1.29, 1.82) is 0 Å². The topological polar surface area (TPSA) is 29.5 Å². The van der Waals surface area contributed by atoms with Gasteiger partial charge in [0.2, 0.25) is 0 Å². The number of ether oxygens (including phenoxy) is 1. The maximum absolute atomic E-state index is 8.44. The molecule has 0 unspecified atom stereocenters. The fourth-order valence-corrected chi connectivity index (χ4v) is 1.14. The third-order valence-corrected chi connectivity index (χ3v) is 1.90. The smallest absolute Gasteiger partial charge is 0.118 e. The molecule has 0 spiro atoms. The number of methoxy groups -OCH3 is 1. The van der Waals surface area contributed by atoms with E-state index >= 15 is 0 Å². The predicted octanol–water partition coefficient (Wildman–Crippen LogP) is 1.62. The van der Waals surface area contributed by atoms with Gasteiger partial charge < -0.3 is 9.84 Å². The summed E-state index contributed by atoms with van der Waals surface area (Å²) < 4.78 is 5.05. The van der Waals surface area contributed by atoms with Crippen LogP contribution in [-0.4, -0.2) is 18.8 Å². The summed E-state index contributed by atoms with van der Waals surface area (Å²) in [5.41, 5.74) is 1.23. The van der Waals surface area contributed by atoms with E-state index in [0.717, 1.165) is 18.6 Å². The summed E-state index contributed by atoms with van der Waals surface area (Å²) in [6.07, 6.45) is 1.70. The molecule has 1 N–H and O–H groups in total. The SMILES string of the molecule is COc1ccc(CCC#CCO)cc1. The molecule has 14 heavy (non-hydrogen) atoms. The van der Waals surface area contributed by atoms with Gasteiger partial charge in [-0.15, -0.1) is 5.92 Å². The summed E-state index contributed by atoms with van der Waals surface area (Å²) in [5.74, 6) is 6.37. The van der Waals surface area contributed by atoms with E-state index in [2.05, 4.69) is 11.8 Å². The van der Waals surface area contributed by atoms with E-state index in [9.17, 15) is 0 Å². The normalized spacial score (nSPS) is 9.00. The zero-order chi connectivity index (χ0) is 10.2. The maximum Gasteiger partial charge on any atom is 0.118 e. The summed E-state index contributed by atoms with van der Waals surface area (Å²) in [5, 5.41) is 8.44. The van der Waals surface area contributed by atoms with Crippen LogP contribution in [0.2, 0.25) is 0 Å². The van der Waals surface area contributed by atoms with Crippen molar-refractivity contribution >= 4 is 0 Å². The molecule has 1 rings (SSSR count). The van der Waals surface area contributed by atoms with Gasteiger partial charge in [0.25, 0.3) is 0 Å². The van der Waals surface area contributed by atoms with Crippen molar-refractivity contribution in [3.05, 3.63) is 29.8 Å². The molecule has 0 atom stereocenters. The van der Waals surface area contributed by atoms with Gasteiger partial charge in [0.05, 0.1) is 7.11 Å². The van der Waals surface area contributed by atoms with E-state index in [0.29, 0.717) is 0 Å². The standard InChI is InChI=1S/C12H14O2/c1-14-12-8-6-11(7-9-12)5-3-2-4-10-13/h6-9,13H,3,5,10H2,1H3. The van der Waals surface area contributed by atoms with Gasteiger partial charge in [-0.2, -0.15) is 0 Å². The van der Waals surface area contributed by atoms with Crippen molar-refractivity contribution in [3.8, 4) is 17.6 Å². The summed E-state index contributed by atoms with van der Waals surface area (Å²) in [6, 6.07) is 7.93. The second-order valence-electron chi connectivity index (χ2n) is 2.86. The summed E-state index contributed by atoms with van der Waals surface area (Å²) in [7, 11) is 1.65. The van der Waals surface area contributed by atoms with E-state index in [1.807, 2.05) is 24.3 Å². The van der Waals surface area contributed by atoms with Gasteiger partial charge in [-0.25, -0.2) is 0 Å². The van der Waals surface area contributed by atoms with Crippen molar-refractivity contribution in [2.45, 2.75) is 12.8 Å². The van der Waals surface area contributed by atoms with E-state index < -0.39 is 0 Å². The van der Waals surface area contributed by atoms with Crippen LogP contribution < -0.4 is 4.74 Å². The first-order valence-corrected chi connectivity index (χ1v) is 4.56.